The van der Waals surface area contributed by atoms with Crippen molar-refractivity contribution < 1.29 is 14.1 Å². The number of nitro groups is 1. The number of non-ortho nitro benzene ring substituents is 1. The number of nitrogens with zero attached hydrogens (tertiary/aromatic N) is 4. The van der Waals surface area contributed by atoms with Gasteiger partial charge in [0.25, 0.3) is 5.69 Å². The van der Waals surface area contributed by atoms with Crippen LogP contribution in [-0.2, 0) is 0 Å². The van der Waals surface area contributed by atoms with E-state index >= 15 is 0 Å². The second-order valence-corrected chi connectivity index (χ2v) is 4.64. The molecule has 0 aliphatic heterocycles. The molecule has 23 heavy (non-hydrogen) atoms. The first-order chi connectivity index (χ1) is 11.1. The third-order valence-electron chi connectivity index (χ3n) is 3.19. The maximum atomic E-state index is 13.5. The summed E-state index contributed by atoms with van der Waals surface area (Å²) in [6.45, 7) is 0. The number of rotatable bonds is 4. The molecule has 1 aromatic heterocycles. The summed E-state index contributed by atoms with van der Waals surface area (Å²) >= 11 is 0. The molecule has 3 aromatic rings. The molecule has 0 unspecified atom stereocenters. The van der Waals surface area contributed by atoms with E-state index < -0.39 is 10.7 Å². The zero-order valence-electron chi connectivity index (χ0n) is 11.6. The first-order valence-electron chi connectivity index (χ1n) is 6.52. The minimum absolute atomic E-state index is 0.0158. The average Bonchev–Trinajstić information content (AvgIpc) is 2.99. The molecule has 0 aliphatic carbocycles. The van der Waals surface area contributed by atoms with Crippen LogP contribution in [-0.4, -0.2) is 26.2 Å². The van der Waals surface area contributed by atoms with Gasteiger partial charge in [-0.1, -0.05) is 23.4 Å². The summed E-state index contributed by atoms with van der Waals surface area (Å²) in [6.07, 6.45) is 0.501. The quantitative estimate of drug-likeness (QED) is 0.420. The molecule has 2 aromatic carbocycles. The molecule has 3 rings (SSSR count). The molecule has 0 amide bonds. The van der Waals surface area contributed by atoms with Crippen LogP contribution in [0.25, 0.3) is 16.9 Å². The Morgan fingerprint density at radius 2 is 1.96 bits per heavy atom. The summed E-state index contributed by atoms with van der Waals surface area (Å²) in [7, 11) is 0. The number of aromatic nitrogens is 3. The Hall–Kier alpha value is -3.42. The lowest BCUT2D eigenvalue weighted by Crippen LogP contribution is -2.01. The van der Waals surface area contributed by atoms with Crippen LogP contribution in [0, 0.1) is 15.9 Å². The Balaban J connectivity index is 2.22. The van der Waals surface area contributed by atoms with E-state index in [0.29, 0.717) is 17.5 Å². The van der Waals surface area contributed by atoms with Crippen LogP contribution in [0.4, 0.5) is 10.1 Å². The molecule has 114 valence electrons. The Morgan fingerprint density at radius 3 is 2.65 bits per heavy atom. The third kappa shape index (κ3) is 2.69. The lowest BCUT2D eigenvalue weighted by Gasteiger charge is -2.07. The van der Waals surface area contributed by atoms with E-state index in [4.69, 9.17) is 0 Å². The number of halogens is 1. The molecule has 0 spiro atoms. The fourth-order valence-electron chi connectivity index (χ4n) is 2.20. The summed E-state index contributed by atoms with van der Waals surface area (Å²) in [5.41, 5.74) is 0.889. The summed E-state index contributed by atoms with van der Waals surface area (Å²) in [5.74, 6) is -0.480. The number of aldehydes is 1. The van der Waals surface area contributed by atoms with E-state index in [1.807, 2.05) is 0 Å². The SMILES string of the molecule is O=Cc1nnn(-c2cccc([N+](=O)[O-])c2)c1-c1cccc(F)c1. The highest BCUT2D eigenvalue weighted by Crippen LogP contribution is 2.26. The van der Waals surface area contributed by atoms with Crippen LogP contribution in [0.1, 0.15) is 10.5 Å². The van der Waals surface area contributed by atoms with Gasteiger partial charge in [-0.2, -0.15) is 0 Å². The summed E-state index contributed by atoms with van der Waals surface area (Å²) < 4.78 is 14.7. The highest BCUT2D eigenvalue weighted by atomic mass is 19.1. The average molecular weight is 312 g/mol. The van der Waals surface area contributed by atoms with Crippen LogP contribution in [0.15, 0.2) is 48.5 Å². The molecule has 0 aliphatic rings. The highest BCUT2D eigenvalue weighted by Gasteiger charge is 2.18. The molecular formula is C15H9FN4O3. The van der Waals surface area contributed by atoms with Gasteiger partial charge in [0.2, 0.25) is 0 Å². The van der Waals surface area contributed by atoms with Gasteiger partial charge in [0.05, 0.1) is 10.6 Å². The standard InChI is InChI=1S/C15H9FN4O3/c16-11-4-1-3-10(7-11)15-14(9-21)17-18-19(15)12-5-2-6-13(8-12)20(22)23/h1-9H. The van der Waals surface area contributed by atoms with Crippen molar-refractivity contribution in [2.45, 2.75) is 0 Å². The number of nitro benzene ring substituents is 1. The van der Waals surface area contributed by atoms with E-state index in [1.54, 1.807) is 12.1 Å². The maximum absolute atomic E-state index is 13.5. The van der Waals surface area contributed by atoms with E-state index in [0.717, 1.165) is 0 Å². The van der Waals surface area contributed by atoms with E-state index in [1.165, 1.54) is 41.1 Å². The van der Waals surface area contributed by atoms with E-state index in [9.17, 15) is 19.3 Å². The van der Waals surface area contributed by atoms with Gasteiger partial charge in [-0.25, -0.2) is 9.07 Å². The first kappa shape index (κ1) is 14.5. The minimum Gasteiger partial charge on any atom is -0.296 e. The Labute approximate surface area is 129 Å². The first-order valence-corrected chi connectivity index (χ1v) is 6.52. The molecule has 8 heteroatoms. The van der Waals surface area contributed by atoms with Crippen molar-refractivity contribution in [3.8, 4) is 16.9 Å². The number of carbonyl (C=O) groups is 1. The lowest BCUT2D eigenvalue weighted by molar-refractivity contribution is -0.384. The monoisotopic (exact) mass is 312 g/mol. The summed E-state index contributed by atoms with van der Waals surface area (Å²) in [6, 6.07) is 11.3. The summed E-state index contributed by atoms with van der Waals surface area (Å²) in [5, 5.41) is 18.5. The van der Waals surface area contributed by atoms with Crippen molar-refractivity contribution in [3.05, 3.63) is 70.2 Å². The molecular weight excluding hydrogens is 303 g/mol. The lowest BCUT2D eigenvalue weighted by atomic mass is 10.1. The van der Waals surface area contributed by atoms with Crippen molar-refractivity contribution in [3.63, 3.8) is 0 Å². The van der Waals surface area contributed by atoms with Crippen LogP contribution < -0.4 is 0 Å². The molecule has 1 heterocycles. The van der Waals surface area contributed by atoms with Gasteiger partial charge in [-0.05, 0) is 18.2 Å². The number of hydrogen-bond acceptors (Lipinski definition) is 5. The van der Waals surface area contributed by atoms with Crippen molar-refractivity contribution in [2.75, 3.05) is 0 Å². The smallest absolute Gasteiger partial charge is 0.271 e. The predicted octanol–water partition coefficient (Wildman–Crippen LogP) is 2.79. The van der Waals surface area contributed by atoms with Gasteiger partial charge in [-0.15, -0.1) is 5.10 Å². The topological polar surface area (TPSA) is 90.9 Å². The summed E-state index contributed by atoms with van der Waals surface area (Å²) in [4.78, 5) is 21.5. The molecule has 0 N–H and O–H groups in total. The van der Waals surface area contributed by atoms with Crippen LogP contribution in [0.2, 0.25) is 0 Å². The largest absolute Gasteiger partial charge is 0.296 e. The molecule has 0 bridgehead atoms. The number of hydrogen-bond donors (Lipinski definition) is 0. The fraction of sp³-hybridized carbons (Fsp3) is 0. The van der Waals surface area contributed by atoms with Crippen LogP contribution >= 0.6 is 0 Å². The molecule has 0 saturated carbocycles. The normalized spacial score (nSPS) is 10.5. The molecule has 0 radical (unpaired) electrons. The highest BCUT2D eigenvalue weighted by molar-refractivity contribution is 5.84. The zero-order chi connectivity index (χ0) is 16.4. The van der Waals surface area contributed by atoms with Crippen molar-refractivity contribution in [1.82, 2.24) is 15.0 Å². The fourth-order valence-corrected chi connectivity index (χ4v) is 2.20. The Kier molecular flexibility index (Phi) is 3.63. The molecule has 7 nitrogen and oxygen atoms in total. The van der Waals surface area contributed by atoms with Gasteiger partial charge in [0.1, 0.15) is 11.5 Å². The van der Waals surface area contributed by atoms with Gasteiger partial charge in [-0.3, -0.25) is 14.9 Å². The van der Waals surface area contributed by atoms with E-state index in [-0.39, 0.29) is 17.1 Å². The maximum Gasteiger partial charge on any atom is 0.271 e. The number of carbonyl (C=O) groups excluding carboxylic acids is 1. The molecule has 0 saturated heterocycles. The third-order valence-corrected chi connectivity index (χ3v) is 3.19. The Bertz CT molecular complexity index is 907. The Morgan fingerprint density at radius 1 is 1.17 bits per heavy atom. The number of benzene rings is 2. The molecule has 0 fully saturated rings. The van der Waals surface area contributed by atoms with Gasteiger partial charge >= 0.3 is 0 Å². The van der Waals surface area contributed by atoms with E-state index in [2.05, 4.69) is 10.3 Å². The van der Waals surface area contributed by atoms with Gasteiger partial charge < -0.3 is 0 Å². The van der Waals surface area contributed by atoms with Crippen molar-refractivity contribution in [1.29, 1.82) is 0 Å². The molecule has 0 atom stereocenters. The van der Waals surface area contributed by atoms with Gasteiger partial charge in [0.15, 0.2) is 12.0 Å². The minimum atomic E-state index is -0.539. The van der Waals surface area contributed by atoms with Gasteiger partial charge in [0, 0.05) is 17.7 Å². The second kappa shape index (κ2) is 5.76. The van der Waals surface area contributed by atoms with Crippen molar-refractivity contribution in [2.24, 2.45) is 0 Å². The predicted molar refractivity (Wildman–Crippen MR) is 78.8 cm³/mol. The van der Waals surface area contributed by atoms with Crippen LogP contribution in [0.3, 0.4) is 0 Å². The van der Waals surface area contributed by atoms with Crippen LogP contribution in [0.5, 0.6) is 0 Å². The second-order valence-electron chi connectivity index (χ2n) is 4.64. The van der Waals surface area contributed by atoms with Crippen molar-refractivity contribution >= 4 is 12.0 Å². The zero-order valence-corrected chi connectivity index (χ0v) is 11.6.